The highest BCUT2D eigenvalue weighted by Gasteiger charge is 2.09. The summed E-state index contributed by atoms with van der Waals surface area (Å²) in [7, 11) is 0. The minimum atomic E-state index is -0.690. The standard InChI is InChI=1S/C13H24O5/c1-4-16-10-13(15)18-17-12(14)9-7-5-6-8-11(2)3/h11H,4-10H2,1-3H3. The highest BCUT2D eigenvalue weighted by atomic mass is 17.2. The van der Waals surface area contributed by atoms with Gasteiger partial charge in [-0.25, -0.2) is 19.4 Å². The van der Waals surface area contributed by atoms with Crippen molar-refractivity contribution in [2.75, 3.05) is 13.2 Å². The molecule has 0 unspecified atom stereocenters. The molecule has 0 heterocycles. The van der Waals surface area contributed by atoms with Gasteiger partial charge in [0.1, 0.15) is 6.61 Å². The average molecular weight is 260 g/mol. The summed E-state index contributed by atoms with van der Waals surface area (Å²) in [5.74, 6) is -0.508. The van der Waals surface area contributed by atoms with E-state index in [0.717, 1.165) is 19.3 Å². The second kappa shape index (κ2) is 11.0. The molecule has 5 heteroatoms. The van der Waals surface area contributed by atoms with Gasteiger partial charge in [0, 0.05) is 6.61 Å². The molecule has 106 valence electrons. The Morgan fingerprint density at radius 3 is 2.28 bits per heavy atom. The zero-order valence-electron chi connectivity index (χ0n) is 11.6. The Morgan fingerprint density at radius 2 is 1.67 bits per heavy atom. The normalized spacial score (nSPS) is 10.4. The van der Waals surface area contributed by atoms with Crippen molar-refractivity contribution in [3.63, 3.8) is 0 Å². The highest BCUT2D eigenvalue weighted by Crippen LogP contribution is 2.09. The molecule has 0 aromatic carbocycles. The van der Waals surface area contributed by atoms with E-state index >= 15 is 0 Å². The van der Waals surface area contributed by atoms with E-state index < -0.39 is 11.9 Å². The third kappa shape index (κ3) is 11.4. The molecule has 0 amide bonds. The van der Waals surface area contributed by atoms with E-state index in [4.69, 9.17) is 4.74 Å². The van der Waals surface area contributed by atoms with Gasteiger partial charge < -0.3 is 4.74 Å². The van der Waals surface area contributed by atoms with E-state index in [1.807, 2.05) is 0 Å². The van der Waals surface area contributed by atoms with Crippen LogP contribution < -0.4 is 0 Å². The van der Waals surface area contributed by atoms with Gasteiger partial charge in [-0.15, -0.1) is 0 Å². The summed E-state index contributed by atoms with van der Waals surface area (Å²) in [5, 5.41) is 0. The largest absolute Gasteiger partial charge is 0.380 e. The first-order chi connectivity index (χ1) is 8.56. The Bertz CT molecular complexity index is 238. The molecule has 0 aliphatic rings. The summed E-state index contributed by atoms with van der Waals surface area (Å²) in [5.41, 5.74) is 0. The number of unbranched alkanes of at least 4 members (excludes halogenated alkanes) is 2. The fourth-order valence-electron chi connectivity index (χ4n) is 1.34. The summed E-state index contributed by atoms with van der Waals surface area (Å²) < 4.78 is 4.80. The maximum atomic E-state index is 11.2. The van der Waals surface area contributed by atoms with Gasteiger partial charge >= 0.3 is 11.9 Å². The molecule has 0 N–H and O–H groups in total. The lowest BCUT2D eigenvalue weighted by atomic mass is 10.0. The van der Waals surface area contributed by atoms with E-state index in [1.54, 1.807) is 6.92 Å². The Balaban J connectivity index is 3.40. The second-order valence-corrected chi connectivity index (χ2v) is 4.54. The van der Waals surface area contributed by atoms with Crippen LogP contribution in [0.15, 0.2) is 0 Å². The third-order valence-corrected chi connectivity index (χ3v) is 2.31. The van der Waals surface area contributed by atoms with Crippen molar-refractivity contribution in [3.8, 4) is 0 Å². The molecule has 0 bridgehead atoms. The van der Waals surface area contributed by atoms with Gasteiger partial charge in [-0.3, -0.25) is 0 Å². The van der Waals surface area contributed by atoms with Crippen molar-refractivity contribution in [1.29, 1.82) is 0 Å². The van der Waals surface area contributed by atoms with Gasteiger partial charge in [-0.1, -0.05) is 33.1 Å². The van der Waals surface area contributed by atoms with Gasteiger partial charge in [0.25, 0.3) is 0 Å². The summed E-state index contributed by atoms with van der Waals surface area (Å²) in [4.78, 5) is 30.8. The van der Waals surface area contributed by atoms with Crippen LogP contribution in [0.25, 0.3) is 0 Å². The maximum absolute atomic E-state index is 11.2. The molecule has 0 aliphatic carbocycles. The zero-order chi connectivity index (χ0) is 13.8. The van der Waals surface area contributed by atoms with E-state index in [0.29, 0.717) is 12.5 Å². The number of carbonyl (C=O) groups excluding carboxylic acids is 2. The topological polar surface area (TPSA) is 61.8 Å². The van der Waals surface area contributed by atoms with Gasteiger partial charge in [0.2, 0.25) is 0 Å². The van der Waals surface area contributed by atoms with Crippen LogP contribution in [0.4, 0.5) is 0 Å². The van der Waals surface area contributed by atoms with Gasteiger partial charge in [0.15, 0.2) is 0 Å². The quantitative estimate of drug-likeness (QED) is 0.362. The van der Waals surface area contributed by atoms with Crippen molar-refractivity contribution < 1.29 is 24.1 Å². The van der Waals surface area contributed by atoms with Crippen LogP contribution in [0.2, 0.25) is 0 Å². The molecule has 5 nitrogen and oxygen atoms in total. The number of rotatable bonds is 9. The fraction of sp³-hybridized carbons (Fsp3) is 0.846. The molecule has 18 heavy (non-hydrogen) atoms. The Kier molecular flexibility index (Phi) is 10.3. The predicted octanol–water partition coefficient (Wildman–Crippen LogP) is 2.63. The molecule has 0 aromatic heterocycles. The first kappa shape index (κ1) is 16.9. The fourth-order valence-corrected chi connectivity index (χ4v) is 1.34. The number of hydrogen-bond donors (Lipinski definition) is 0. The molecular weight excluding hydrogens is 236 g/mol. The van der Waals surface area contributed by atoms with Crippen LogP contribution in [0, 0.1) is 5.92 Å². The van der Waals surface area contributed by atoms with Crippen LogP contribution in [0.3, 0.4) is 0 Å². The molecule has 0 radical (unpaired) electrons. The average Bonchev–Trinajstić information content (AvgIpc) is 2.33. The molecule has 0 aromatic rings. The van der Waals surface area contributed by atoms with Crippen molar-refractivity contribution >= 4 is 11.9 Å². The Hall–Kier alpha value is -1.10. The Morgan fingerprint density at radius 1 is 1.00 bits per heavy atom. The SMILES string of the molecule is CCOCC(=O)OOC(=O)CCCCCC(C)C. The summed E-state index contributed by atoms with van der Waals surface area (Å²) >= 11 is 0. The third-order valence-electron chi connectivity index (χ3n) is 2.31. The smallest absolute Gasteiger partial charge is 0.370 e. The number of hydrogen-bond acceptors (Lipinski definition) is 5. The molecule has 0 fully saturated rings. The van der Waals surface area contributed by atoms with E-state index in [9.17, 15) is 9.59 Å². The summed E-state index contributed by atoms with van der Waals surface area (Å²) in [6.07, 6.45) is 4.29. The first-order valence-corrected chi connectivity index (χ1v) is 6.54. The number of ether oxygens (including phenoxy) is 1. The van der Waals surface area contributed by atoms with Crippen molar-refractivity contribution in [3.05, 3.63) is 0 Å². The minimum Gasteiger partial charge on any atom is -0.370 e. The van der Waals surface area contributed by atoms with Crippen molar-refractivity contribution in [2.24, 2.45) is 5.92 Å². The molecule has 0 atom stereocenters. The van der Waals surface area contributed by atoms with Gasteiger partial charge in [-0.05, 0) is 19.3 Å². The van der Waals surface area contributed by atoms with Crippen LogP contribution >= 0.6 is 0 Å². The maximum Gasteiger partial charge on any atom is 0.380 e. The van der Waals surface area contributed by atoms with Crippen LogP contribution in [0.5, 0.6) is 0 Å². The van der Waals surface area contributed by atoms with E-state index in [-0.39, 0.29) is 13.0 Å². The van der Waals surface area contributed by atoms with Crippen LogP contribution in [-0.2, 0) is 24.1 Å². The number of carbonyl (C=O) groups is 2. The van der Waals surface area contributed by atoms with Crippen molar-refractivity contribution in [2.45, 2.75) is 52.9 Å². The van der Waals surface area contributed by atoms with E-state index in [1.165, 1.54) is 6.42 Å². The molecule has 0 saturated carbocycles. The van der Waals surface area contributed by atoms with Gasteiger partial charge in [0.05, 0.1) is 6.42 Å². The summed E-state index contributed by atoms with van der Waals surface area (Å²) in [6, 6.07) is 0. The first-order valence-electron chi connectivity index (χ1n) is 6.54. The summed E-state index contributed by atoms with van der Waals surface area (Å²) in [6.45, 7) is 6.33. The van der Waals surface area contributed by atoms with Gasteiger partial charge in [-0.2, -0.15) is 0 Å². The lowest BCUT2D eigenvalue weighted by Gasteiger charge is -2.04. The van der Waals surface area contributed by atoms with Crippen LogP contribution in [-0.4, -0.2) is 25.2 Å². The molecule has 0 saturated heterocycles. The Labute approximate surface area is 109 Å². The lowest BCUT2D eigenvalue weighted by molar-refractivity contribution is -0.261. The molecule has 0 spiro atoms. The van der Waals surface area contributed by atoms with E-state index in [2.05, 4.69) is 23.6 Å². The van der Waals surface area contributed by atoms with Crippen LogP contribution in [0.1, 0.15) is 52.9 Å². The van der Waals surface area contributed by atoms with Crippen molar-refractivity contribution in [1.82, 2.24) is 0 Å². The minimum absolute atomic E-state index is 0.196. The second-order valence-electron chi connectivity index (χ2n) is 4.54. The molecule has 0 aliphatic heterocycles. The molecular formula is C13H24O5. The molecule has 0 rings (SSSR count). The monoisotopic (exact) mass is 260 g/mol. The predicted molar refractivity (Wildman–Crippen MR) is 66.6 cm³/mol. The zero-order valence-corrected chi connectivity index (χ0v) is 11.6. The lowest BCUT2D eigenvalue weighted by Crippen LogP contribution is -2.16. The highest BCUT2D eigenvalue weighted by molar-refractivity contribution is 5.73.